The molecule has 0 aromatic heterocycles. The van der Waals surface area contributed by atoms with Gasteiger partial charge in [0.05, 0.1) is 11.4 Å². The maximum atomic E-state index is 5.29. The van der Waals surface area contributed by atoms with Crippen molar-refractivity contribution in [1.82, 2.24) is 5.32 Å². The zero-order valence-electron chi connectivity index (χ0n) is 24.4. The third-order valence-electron chi connectivity index (χ3n) is 7.66. The van der Waals surface area contributed by atoms with Crippen LogP contribution in [-0.2, 0) is 0 Å². The second-order valence-electron chi connectivity index (χ2n) is 11.9. The average molecular weight is 488 g/mol. The van der Waals surface area contributed by atoms with E-state index in [1.807, 2.05) is 0 Å². The van der Waals surface area contributed by atoms with Crippen LogP contribution in [0.4, 0.5) is 11.4 Å². The molecule has 1 heterocycles. The van der Waals surface area contributed by atoms with Crippen LogP contribution in [0.2, 0.25) is 0 Å². The summed E-state index contributed by atoms with van der Waals surface area (Å²) < 4.78 is 0. The molecule has 2 aromatic rings. The highest BCUT2D eigenvalue weighted by molar-refractivity contribution is 5.94. The van der Waals surface area contributed by atoms with Crippen LogP contribution in [-0.4, -0.2) is 23.5 Å². The zero-order valence-corrected chi connectivity index (χ0v) is 24.4. The molecule has 1 aliphatic rings. The Kier molecular flexibility index (Phi) is 9.69. The van der Waals surface area contributed by atoms with E-state index in [-0.39, 0.29) is 12.1 Å². The van der Waals surface area contributed by atoms with Crippen LogP contribution in [0.15, 0.2) is 46.4 Å². The van der Waals surface area contributed by atoms with Gasteiger partial charge in [0.15, 0.2) is 0 Å². The Hall–Kier alpha value is -2.26. The number of para-hydroxylation sites is 2. The van der Waals surface area contributed by atoms with Gasteiger partial charge < -0.3 is 5.32 Å². The SMILES string of the molecule is CC(=Nc1c(C(C)C)cccc1C(C)C)C1CCCC(C(C)=Nc2c(C(C)C)cccc2C(C)C)N1. The van der Waals surface area contributed by atoms with Crippen LogP contribution in [0.1, 0.15) is 134 Å². The predicted octanol–water partition coefficient (Wildman–Crippen LogP) is 9.58. The highest BCUT2D eigenvalue weighted by Crippen LogP contribution is 2.37. The van der Waals surface area contributed by atoms with Gasteiger partial charge in [0.1, 0.15) is 0 Å². The molecular weight excluding hydrogens is 438 g/mol. The molecule has 0 amide bonds. The number of nitrogens with zero attached hydrogens (tertiary/aromatic N) is 2. The van der Waals surface area contributed by atoms with Gasteiger partial charge in [0.25, 0.3) is 0 Å². The van der Waals surface area contributed by atoms with Crippen molar-refractivity contribution < 1.29 is 0 Å². The molecule has 0 bridgehead atoms. The minimum Gasteiger partial charge on any atom is -0.301 e. The van der Waals surface area contributed by atoms with Crippen LogP contribution in [0, 0.1) is 0 Å². The van der Waals surface area contributed by atoms with E-state index in [4.69, 9.17) is 9.98 Å². The van der Waals surface area contributed by atoms with Gasteiger partial charge in [0.2, 0.25) is 0 Å². The first-order valence-electron chi connectivity index (χ1n) is 14.1. The summed E-state index contributed by atoms with van der Waals surface area (Å²) in [5.74, 6) is 1.81. The number of hydrogen-bond donors (Lipinski definition) is 1. The lowest BCUT2D eigenvalue weighted by molar-refractivity contribution is 0.427. The molecule has 2 atom stereocenters. The van der Waals surface area contributed by atoms with Crippen molar-refractivity contribution in [2.24, 2.45) is 9.98 Å². The number of piperidine rings is 1. The van der Waals surface area contributed by atoms with Crippen molar-refractivity contribution in [3.63, 3.8) is 0 Å². The van der Waals surface area contributed by atoms with Crippen molar-refractivity contribution in [1.29, 1.82) is 0 Å². The molecule has 2 unspecified atom stereocenters. The molecule has 0 aliphatic carbocycles. The zero-order chi connectivity index (χ0) is 26.6. The Morgan fingerprint density at radius 1 is 0.611 bits per heavy atom. The average Bonchev–Trinajstić information content (AvgIpc) is 2.83. The van der Waals surface area contributed by atoms with Gasteiger partial charge in [-0.05, 0) is 79.0 Å². The van der Waals surface area contributed by atoms with Gasteiger partial charge >= 0.3 is 0 Å². The van der Waals surface area contributed by atoms with Crippen molar-refractivity contribution in [2.45, 2.75) is 124 Å². The molecule has 196 valence electrons. The summed E-state index contributed by atoms with van der Waals surface area (Å²) in [6.07, 6.45) is 3.44. The lowest BCUT2D eigenvalue weighted by Crippen LogP contribution is -2.49. The van der Waals surface area contributed by atoms with Crippen LogP contribution >= 0.6 is 0 Å². The van der Waals surface area contributed by atoms with Crippen LogP contribution in [0.3, 0.4) is 0 Å². The molecular formula is C33H49N3. The van der Waals surface area contributed by atoms with Crippen LogP contribution < -0.4 is 5.32 Å². The van der Waals surface area contributed by atoms with Gasteiger partial charge in [-0.15, -0.1) is 0 Å². The van der Waals surface area contributed by atoms with Crippen molar-refractivity contribution in [3.8, 4) is 0 Å². The number of nitrogens with one attached hydrogen (secondary N) is 1. The minimum absolute atomic E-state index is 0.277. The summed E-state index contributed by atoms with van der Waals surface area (Å²) in [4.78, 5) is 10.6. The summed E-state index contributed by atoms with van der Waals surface area (Å²) in [6.45, 7) is 22.5. The van der Waals surface area contributed by atoms with E-state index in [9.17, 15) is 0 Å². The van der Waals surface area contributed by atoms with E-state index in [1.54, 1.807) is 0 Å². The maximum absolute atomic E-state index is 5.29. The molecule has 0 saturated carbocycles. The quantitative estimate of drug-likeness (QED) is 0.370. The fourth-order valence-electron chi connectivity index (χ4n) is 5.38. The summed E-state index contributed by atoms with van der Waals surface area (Å²) >= 11 is 0. The van der Waals surface area contributed by atoms with Crippen LogP contribution in [0.5, 0.6) is 0 Å². The minimum atomic E-state index is 0.277. The van der Waals surface area contributed by atoms with Crippen molar-refractivity contribution in [3.05, 3.63) is 58.7 Å². The summed E-state index contributed by atoms with van der Waals surface area (Å²) in [5.41, 5.74) is 10.1. The first kappa shape index (κ1) is 28.3. The van der Waals surface area contributed by atoms with Crippen molar-refractivity contribution in [2.75, 3.05) is 0 Å². The number of rotatable bonds is 8. The molecule has 0 spiro atoms. The van der Waals surface area contributed by atoms with Gasteiger partial charge in [0, 0.05) is 23.5 Å². The molecule has 1 aliphatic heterocycles. The molecule has 36 heavy (non-hydrogen) atoms. The Morgan fingerprint density at radius 2 is 0.917 bits per heavy atom. The third-order valence-corrected chi connectivity index (χ3v) is 7.66. The molecule has 3 nitrogen and oxygen atoms in total. The standard InChI is InChI=1S/C33H49N3/c1-20(2)26-14-11-15-27(21(3)4)32(26)34-24(9)30-18-13-19-31(36-30)25(10)35-33-28(22(5)6)16-12-17-29(33)23(7)8/h11-12,14-17,20-23,30-31,36H,13,18-19H2,1-10H3. The lowest BCUT2D eigenvalue weighted by atomic mass is 9.91. The Bertz CT molecular complexity index is 950. The second kappa shape index (κ2) is 12.3. The highest BCUT2D eigenvalue weighted by Gasteiger charge is 2.26. The number of aliphatic imine (C=N–C) groups is 2. The molecule has 3 rings (SSSR count). The smallest absolute Gasteiger partial charge is 0.0698 e. The molecule has 0 radical (unpaired) electrons. The second-order valence-corrected chi connectivity index (χ2v) is 11.9. The van der Waals surface area contributed by atoms with E-state index < -0.39 is 0 Å². The summed E-state index contributed by atoms with van der Waals surface area (Å²) in [5, 5.41) is 3.93. The molecule has 3 heteroatoms. The molecule has 1 fully saturated rings. The summed E-state index contributed by atoms with van der Waals surface area (Å²) in [7, 11) is 0. The van der Waals surface area contributed by atoms with E-state index in [1.165, 1.54) is 51.5 Å². The van der Waals surface area contributed by atoms with Gasteiger partial charge in [-0.2, -0.15) is 0 Å². The first-order valence-corrected chi connectivity index (χ1v) is 14.1. The van der Waals surface area contributed by atoms with Gasteiger partial charge in [-0.1, -0.05) is 91.8 Å². The largest absolute Gasteiger partial charge is 0.301 e. The normalized spacial score (nSPS) is 19.7. The fraction of sp³-hybridized carbons (Fsp3) is 0.576. The number of benzene rings is 2. The molecule has 1 saturated heterocycles. The van der Waals surface area contributed by atoms with Crippen LogP contribution in [0.25, 0.3) is 0 Å². The molecule has 1 N–H and O–H groups in total. The Balaban J connectivity index is 1.92. The van der Waals surface area contributed by atoms with E-state index in [0.29, 0.717) is 23.7 Å². The Labute approximate surface area is 220 Å². The molecule has 2 aromatic carbocycles. The van der Waals surface area contributed by atoms with Crippen molar-refractivity contribution >= 4 is 22.8 Å². The predicted molar refractivity (Wildman–Crippen MR) is 159 cm³/mol. The van der Waals surface area contributed by atoms with Gasteiger partial charge in [-0.25, -0.2) is 0 Å². The topological polar surface area (TPSA) is 36.8 Å². The highest BCUT2D eigenvalue weighted by atomic mass is 15.0. The van der Waals surface area contributed by atoms with Gasteiger partial charge in [-0.3, -0.25) is 9.98 Å². The first-order chi connectivity index (χ1) is 17.0. The van der Waals surface area contributed by atoms with E-state index >= 15 is 0 Å². The number of hydrogen-bond acceptors (Lipinski definition) is 3. The maximum Gasteiger partial charge on any atom is 0.0698 e. The van der Waals surface area contributed by atoms with E-state index in [0.717, 1.165) is 12.8 Å². The Morgan fingerprint density at radius 3 is 1.19 bits per heavy atom. The summed E-state index contributed by atoms with van der Waals surface area (Å²) in [6, 6.07) is 13.9. The lowest BCUT2D eigenvalue weighted by Gasteiger charge is -2.32. The fourth-order valence-corrected chi connectivity index (χ4v) is 5.38. The monoisotopic (exact) mass is 487 g/mol. The van der Waals surface area contributed by atoms with E-state index in [2.05, 4.69) is 111 Å². The third kappa shape index (κ3) is 6.54.